The molecular weight excluding hydrogens is 364 g/mol. The van der Waals surface area contributed by atoms with Crippen LogP contribution in [0, 0.1) is 0 Å². The van der Waals surface area contributed by atoms with Crippen LogP contribution in [-0.2, 0) is 19.3 Å². The van der Waals surface area contributed by atoms with Crippen LogP contribution in [0.5, 0.6) is 5.75 Å². The molecule has 6 heteroatoms. The largest absolute Gasteiger partial charge is 0.489 e. The first-order valence-electron chi connectivity index (χ1n) is 8.67. The number of carbonyl (C=O) groups excluding carboxylic acids is 1. The second-order valence-electron chi connectivity index (χ2n) is 6.58. The Balaban J connectivity index is 2.31. The summed E-state index contributed by atoms with van der Waals surface area (Å²) < 4.78 is 36.8. The summed E-state index contributed by atoms with van der Waals surface area (Å²) in [5.41, 5.74) is 1.44. The van der Waals surface area contributed by atoms with Crippen molar-refractivity contribution in [3.8, 4) is 5.75 Å². The van der Waals surface area contributed by atoms with Crippen LogP contribution in [0.3, 0.4) is 0 Å². The Morgan fingerprint density at radius 3 is 2.56 bits per heavy atom. The number of esters is 1. The molecule has 0 radical (unpaired) electrons. The van der Waals surface area contributed by atoms with E-state index in [1.807, 2.05) is 6.92 Å². The zero-order chi connectivity index (χ0) is 19.7. The van der Waals surface area contributed by atoms with E-state index in [2.05, 4.69) is 6.58 Å². The molecule has 0 fully saturated rings. The number of benzene rings is 2. The van der Waals surface area contributed by atoms with Gasteiger partial charge in [-0.05, 0) is 48.7 Å². The smallest absolute Gasteiger partial charge is 0.337 e. The molecule has 2 aromatic carbocycles. The number of carbonyl (C=O) groups is 1. The van der Waals surface area contributed by atoms with Crippen molar-refractivity contribution in [2.24, 2.45) is 0 Å². The summed E-state index contributed by atoms with van der Waals surface area (Å²) in [6.07, 6.45) is 0.530. The number of methoxy groups -OCH3 is 1. The molecule has 0 aliphatic carbocycles. The lowest BCUT2D eigenvalue weighted by Gasteiger charge is -2.33. The van der Waals surface area contributed by atoms with E-state index < -0.39 is 20.6 Å². The highest BCUT2D eigenvalue weighted by Crippen LogP contribution is 2.48. The van der Waals surface area contributed by atoms with Crippen molar-refractivity contribution >= 4 is 15.8 Å². The van der Waals surface area contributed by atoms with Gasteiger partial charge in [0.15, 0.2) is 9.84 Å². The molecule has 1 aliphatic heterocycles. The molecule has 0 saturated heterocycles. The van der Waals surface area contributed by atoms with E-state index in [4.69, 9.17) is 9.47 Å². The molecular formula is C21H22O5S. The first-order chi connectivity index (χ1) is 12.9. The first kappa shape index (κ1) is 19.2. The van der Waals surface area contributed by atoms with Gasteiger partial charge in [-0.25, -0.2) is 13.2 Å². The van der Waals surface area contributed by atoms with Gasteiger partial charge in [-0.3, -0.25) is 0 Å². The van der Waals surface area contributed by atoms with E-state index in [0.29, 0.717) is 23.3 Å². The Morgan fingerprint density at radius 2 is 1.93 bits per heavy atom. The lowest BCUT2D eigenvalue weighted by Crippen LogP contribution is -2.36. The molecule has 0 N–H and O–H groups in total. The van der Waals surface area contributed by atoms with Gasteiger partial charge in [0.25, 0.3) is 0 Å². The topological polar surface area (TPSA) is 69.7 Å². The van der Waals surface area contributed by atoms with Crippen molar-refractivity contribution < 1.29 is 22.7 Å². The molecule has 1 heterocycles. The van der Waals surface area contributed by atoms with Crippen molar-refractivity contribution in [3.05, 3.63) is 71.8 Å². The van der Waals surface area contributed by atoms with Crippen LogP contribution in [-0.4, -0.2) is 28.1 Å². The molecule has 5 nitrogen and oxygen atoms in total. The van der Waals surface area contributed by atoms with Gasteiger partial charge in [0.05, 0.1) is 17.6 Å². The molecule has 0 spiro atoms. The average molecular weight is 386 g/mol. The third-order valence-electron chi connectivity index (χ3n) is 5.00. The molecule has 1 atom stereocenters. The number of hydrogen-bond donors (Lipinski definition) is 0. The third kappa shape index (κ3) is 3.14. The highest BCUT2D eigenvalue weighted by atomic mass is 32.2. The summed E-state index contributed by atoms with van der Waals surface area (Å²) >= 11 is 0. The summed E-state index contributed by atoms with van der Waals surface area (Å²) in [5.74, 6) is -0.0781. The quantitative estimate of drug-likeness (QED) is 0.589. The average Bonchev–Trinajstić information content (AvgIpc) is 2.84. The minimum absolute atomic E-state index is 0.221. The van der Waals surface area contributed by atoms with Crippen LogP contribution in [0.4, 0.5) is 0 Å². The zero-order valence-corrected chi connectivity index (χ0v) is 16.2. The monoisotopic (exact) mass is 386 g/mol. The predicted molar refractivity (Wildman–Crippen MR) is 103 cm³/mol. The SMILES string of the molecule is C=C1COc2ccc(C(=O)OC)cc2C(CC)(S(=O)(=O)c2ccccc2)C1. The Morgan fingerprint density at radius 1 is 1.22 bits per heavy atom. The van der Waals surface area contributed by atoms with Crippen LogP contribution in [0.15, 0.2) is 65.6 Å². The molecule has 0 bridgehead atoms. The maximum Gasteiger partial charge on any atom is 0.337 e. The number of sulfone groups is 1. The second kappa shape index (κ2) is 7.19. The Bertz CT molecular complexity index is 979. The molecule has 0 saturated carbocycles. The fourth-order valence-corrected chi connectivity index (χ4v) is 5.75. The van der Waals surface area contributed by atoms with Gasteiger partial charge >= 0.3 is 5.97 Å². The Kier molecular flexibility index (Phi) is 5.11. The molecule has 142 valence electrons. The molecule has 1 aliphatic rings. The van der Waals surface area contributed by atoms with E-state index in [-0.39, 0.29) is 23.5 Å². The summed E-state index contributed by atoms with van der Waals surface area (Å²) in [7, 11) is -2.49. The van der Waals surface area contributed by atoms with Gasteiger partial charge in [-0.2, -0.15) is 0 Å². The summed E-state index contributed by atoms with van der Waals surface area (Å²) in [6, 6.07) is 13.1. The molecule has 0 aromatic heterocycles. The van der Waals surface area contributed by atoms with Crippen molar-refractivity contribution in [2.75, 3.05) is 13.7 Å². The fraction of sp³-hybridized carbons (Fsp3) is 0.286. The lowest BCUT2D eigenvalue weighted by molar-refractivity contribution is 0.0600. The minimum atomic E-state index is -3.79. The van der Waals surface area contributed by atoms with Crippen LogP contribution in [0.1, 0.15) is 35.7 Å². The number of hydrogen-bond acceptors (Lipinski definition) is 5. The van der Waals surface area contributed by atoms with Gasteiger partial charge in [0.2, 0.25) is 0 Å². The molecule has 2 aromatic rings. The maximum absolute atomic E-state index is 13.7. The van der Waals surface area contributed by atoms with Crippen molar-refractivity contribution in [1.29, 1.82) is 0 Å². The standard InChI is InChI=1S/C21H22O5S/c1-4-21(27(23,24)17-8-6-5-7-9-17)13-15(2)14-26-19-11-10-16(12-18(19)21)20(22)25-3/h5-12H,2,4,13-14H2,1,3H3. The number of ether oxygens (including phenoxy) is 2. The van der Waals surface area contributed by atoms with E-state index in [9.17, 15) is 13.2 Å². The summed E-state index contributed by atoms with van der Waals surface area (Å²) in [6.45, 7) is 6.06. The van der Waals surface area contributed by atoms with Crippen molar-refractivity contribution in [1.82, 2.24) is 0 Å². The fourth-order valence-electron chi connectivity index (χ4n) is 3.56. The molecule has 1 unspecified atom stereocenters. The summed E-state index contributed by atoms with van der Waals surface area (Å²) in [5, 5.41) is 0. The van der Waals surface area contributed by atoms with Crippen LogP contribution >= 0.6 is 0 Å². The van der Waals surface area contributed by atoms with Crippen LogP contribution in [0.2, 0.25) is 0 Å². The molecule has 27 heavy (non-hydrogen) atoms. The number of rotatable bonds is 4. The van der Waals surface area contributed by atoms with Crippen LogP contribution in [0.25, 0.3) is 0 Å². The van der Waals surface area contributed by atoms with E-state index in [0.717, 1.165) is 0 Å². The minimum Gasteiger partial charge on any atom is -0.489 e. The third-order valence-corrected chi connectivity index (χ3v) is 7.57. The van der Waals surface area contributed by atoms with E-state index >= 15 is 0 Å². The van der Waals surface area contributed by atoms with Gasteiger partial charge in [-0.1, -0.05) is 31.7 Å². The normalized spacial score (nSPS) is 19.6. The van der Waals surface area contributed by atoms with Crippen LogP contribution < -0.4 is 4.74 Å². The van der Waals surface area contributed by atoms with Gasteiger partial charge < -0.3 is 9.47 Å². The predicted octanol–water partition coefficient (Wildman–Crippen LogP) is 3.89. The second-order valence-corrected chi connectivity index (χ2v) is 8.84. The highest BCUT2D eigenvalue weighted by molar-refractivity contribution is 7.92. The first-order valence-corrected chi connectivity index (χ1v) is 10.2. The van der Waals surface area contributed by atoms with Gasteiger partial charge in [0.1, 0.15) is 17.1 Å². The summed E-state index contributed by atoms with van der Waals surface area (Å²) in [4.78, 5) is 12.3. The maximum atomic E-state index is 13.7. The van der Waals surface area contributed by atoms with Crippen molar-refractivity contribution in [2.45, 2.75) is 29.4 Å². The molecule has 3 rings (SSSR count). The van der Waals surface area contributed by atoms with Gasteiger partial charge in [0, 0.05) is 5.56 Å². The van der Waals surface area contributed by atoms with E-state index in [1.54, 1.807) is 48.5 Å². The molecule has 0 amide bonds. The lowest BCUT2D eigenvalue weighted by atomic mass is 9.88. The zero-order valence-electron chi connectivity index (χ0n) is 15.4. The highest BCUT2D eigenvalue weighted by Gasteiger charge is 2.48. The number of fused-ring (bicyclic) bond motifs is 1. The Hall–Kier alpha value is -2.60. The van der Waals surface area contributed by atoms with Crippen molar-refractivity contribution in [3.63, 3.8) is 0 Å². The Labute approximate surface area is 159 Å². The van der Waals surface area contributed by atoms with Gasteiger partial charge in [-0.15, -0.1) is 0 Å². The van der Waals surface area contributed by atoms with E-state index in [1.165, 1.54) is 7.11 Å².